The Morgan fingerprint density at radius 2 is 2.19 bits per heavy atom. The Hall–Kier alpha value is -0.400. The number of aromatic nitrogens is 1. The van der Waals surface area contributed by atoms with E-state index in [0.29, 0.717) is 26.1 Å². The molecule has 0 saturated carbocycles. The quantitative estimate of drug-likeness (QED) is 0.776. The van der Waals surface area contributed by atoms with Gasteiger partial charge in [0.05, 0.1) is 12.2 Å². The van der Waals surface area contributed by atoms with Gasteiger partial charge < -0.3 is 15.0 Å². The molecule has 0 aromatic carbocycles. The van der Waals surface area contributed by atoms with Crippen LogP contribution in [0, 0.1) is 0 Å². The fourth-order valence-electron chi connectivity index (χ4n) is 1.66. The summed E-state index contributed by atoms with van der Waals surface area (Å²) in [5.74, 6) is 0.127. The number of hydrogen-bond acceptors (Lipinski definition) is 5. The number of rotatable bonds is 8. The van der Waals surface area contributed by atoms with Gasteiger partial charge in [0.15, 0.2) is 0 Å². The topological polar surface area (TPSA) is 54.5 Å². The lowest BCUT2D eigenvalue weighted by Crippen LogP contribution is -2.28. The van der Waals surface area contributed by atoms with E-state index in [0.717, 1.165) is 10.7 Å². The molecule has 1 rings (SSSR count). The molecule has 1 aromatic heterocycles. The average Bonchev–Trinajstić information content (AvgIpc) is 2.84. The number of halogens is 2. The number of carbonyl (C=O) groups excluding carboxylic acids is 1. The molecule has 0 aliphatic carbocycles. The smallest absolute Gasteiger partial charge is 0.223 e. The molecular weight excluding hydrogens is 333 g/mol. The van der Waals surface area contributed by atoms with Crippen LogP contribution in [0.3, 0.4) is 0 Å². The molecule has 0 radical (unpaired) electrons. The fraction of sp³-hybridized carbons (Fsp3) is 0.692. The monoisotopic (exact) mass is 357 g/mol. The molecule has 0 aliphatic heterocycles. The van der Waals surface area contributed by atoms with Gasteiger partial charge in [-0.2, -0.15) is 0 Å². The Morgan fingerprint density at radius 3 is 2.76 bits per heavy atom. The first-order chi connectivity index (χ1) is 9.08. The van der Waals surface area contributed by atoms with E-state index in [1.165, 1.54) is 0 Å². The van der Waals surface area contributed by atoms with Crippen LogP contribution >= 0.6 is 36.2 Å². The second-order valence-electron chi connectivity index (χ2n) is 4.38. The highest BCUT2D eigenvalue weighted by Gasteiger charge is 2.13. The summed E-state index contributed by atoms with van der Waals surface area (Å²) >= 11 is 1.58. The first-order valence-corrected chi connectivity index (χ1v) is 7.40. The largest absolute Gasteiger partial charge is 0.372 e. The zero-order valence-corrected chi connectivity index (χ0v) is 15.4. The van der Waals surface area contributed by atoms with Gasteiger partial charge in [0.2, 0.25) is 5.91 Å². The highest BCUT2D eigenvalue weighted by molar-refractivity contribution is 7.09. The Labute approximate surface area is 143 Å². The van der Waals surface area contributed by atoms with Crippen molar-refractivity contribution in [2.75, 3.05) is 27.2 Å². The number of hydrogen-bond donors (Lipinski definition) is 1. The summed E-state index contributed by atoms with van der Waals surface area (Å²) in [4.78, 5) is 18.0. The van der Waals surface area contributed by atoms with Crippen molar-refractivity contribution in [1.82, 2.24) is 15.2 Å². The molecule has 21 heavy (non-hydrogen) atoms. The molecule has 1 aromatic rings. The van der Waals surface area contributed by atoms with Crippen molar-refractivity contribution in [3.8, 4) is 0 Å². The third kappa shape index (κ3) is 7.97. The van der Waals surface area contributed by atoms with Crippen molar-refractivity contribution in [3.63, 3.8) is 0 Å². The van der Waals surface area contributed by atoms with Crippen molar-refractivity contribution in [2.24, 2.45) is 0 Å². The van der Waals surface area contributed by atoms with E-state index in [4.69, 9.17) is 4.74 Å². The standard InChI is InChI=1S/C13H23N3O2S.2ClH/c1-5-18-10(2)13-15-11(9-19-13)8-16(4)12(17)6-7-14-3;;/h9-10,14H,5-8H2,1-4H3;2*1H. The van der Waals surface area contributed by atoms with Crippen molar-refractivity contribution in [1.29, 1.82) is 0 Å². The van der Waals surface area contributed by atoms with Gasteiger partial charge in [0, 0.05) is 32.0 Å². The Balaban J connectivity index is 0. The summed E-state index contributed by atoms with van der Waals surface area (Å²) in [5, 5.41) is 5.93. The van der Waals surface area contributed by atoms with Crippen LogP contribution in [-0.2, 0) is 16.1 Å². The number of nitrogens with one attached hydrogen (secondary N) is 1. The molecule has 0 saturated heterocycles. The van der Waals surface area contributed by atoms with Crippen molar-refractivity contribution in [2.45, 2.75) is 32.9 Å². The highest BCUT2D eigenvalue weighted by Crippen LogP contribution is 2.21. The number of amides is 1. The van der Waals surface area contributed by atoms with Gasteiger partial charge in [-0.3, -0.25) is 4.79 Å². The van der Waals surface area contributed by atoms with Gasteiger partial charge in [-0.1, -0.05) is 0 Å². The van der Waals surface area contributed by atoms with E-state index in [9.17, 15) is 4.79 Å². The molecule has 1 N–H and O–H groups in total. The number of nitrogens with zero attached hydrogens (tertiary/aromatic N) is 2. The molecule has 1 unspecified atom stereocenters. The van der Waals surface area contributed by atoms with Gasteiger partial charge in [0.25, 0.3) is 0 Å². The third-order valence-corrected chi connectivity index (χ3v) is 3.80. The van der Waals surface area contributed by atoms with E-state index < -0.39 is 0 Å². The molecule has 5 nitrogen and oxygen atoms in total. The first kappa shape index (κ1) is 22.9. The van der Waals surface area contributed by atoms with Crippen LogP contribution < -0.4 is 5.32 Å². The van der Waals surface area contributed by atoms with Crippen molar-refractivity contribution >= 4 is 42.1 Å². The van der Waals surface area contributed by atoms with Crippen LogP contribution in [0.5, 0.6) is 0 Å². The molecule has 1 amide bonds. The maximum absolute atomic E-state index is 11.8. The average molecular weight is 358 g/mol. The number of thiazole rings is 1. The van der Waals surface area contributed by atoms with Crippen molar-refractivity contribution in [3.05, 3.63) is 16.1 Å². The molecule has 0 spiro atoms. The predicted molar refractivity (Wildman–Crippen MR) is 91.7 cm³/mol. The lowest BCUT2D eigenvalue weighted by Gasteiger charge is -2.15. The van der Waals surface area contributed by atoms with E-state index in [2.05, 4.69) is 10.3 Å². The lowest BCUT2D eigenvalue weighted by molar-refractivity contribution is -0.130. The number of carbonyl (C=O) groups is 1. The molecule has 8 heteroatoms. The Kier molecular flexibility index (Phi) is 13.3. The van der Waals surface area contributed by atoms with Crippen LogP contribution in [-0.4, -0.2) is 43.0 Å². The molecule has 0 aliphatic rings. The maximum Gasteiger partial charge on any atom is 0.223 e. The zero-order valence-electron chi connectivity index (χ0n) is 12.9. The summed E-state index contributed by atoms with van der Waals surface area (Å²) in [5.41, 5.74) is 0.923. The van der Waals surface area contributed by atoms with E-state index in [1.807, 2.05) is 33.3 Å². The van der Waals surface area contributed by atoms with Gasteiger partial charge >= 0.3 is 0 Å². The summed E-state index contributed by atoms with van der Waals surface area (Å²) in [6, 6.07) is 0. The minimum absolute atomic E-state index is 0. The summed E-state index contributed by atoms with van der Waals surface area (Å²) in [6.07, 6.45) is 0.536. The summed E-state index contributed by atoms with van der Waals surface area (Å²) < 4.78 is 5.51. The van der Waals surface area contributed by atoms with Gasteiger partial charge in [-0.15, -0.1) is 36.2 Å². The van der Waals surface area contributed by atoms with Gasteiger partial charge in [-0.25, -0.2) is 4.98 Å². The fourth-order valence-corrected chi connectivity index (χ4v) is 2.47. The second-order valence-corrected chi connectivity index (χ2v) is 5.27. The molecule has 1 heterocycles. The summed E-state index contributed by atoms with van der Waals surface area (Å²) in [6.45, 7) is 5.90. The third-order valence-electron chi connectivity index (χ3n) is 2.75. The van der Waals surface area contributed by atoms with Gasteiger partial charge in [-0.05, 0) is 20.9 Å². The molecular formula is C13H25Cl2N3O2S. The summed E-state index contributed by atoms with van der Waals surface area (Å²) in [7, 11) is 3.65. The van der Waals surface area contributed by atoms with Crippen LogP contribution in [0.4, 0.5) is 0 Å². The predicted octanol–water partition coefficient (Wildman–Crippen LogP) is 2.65. The normalized spacial score (nSPS) is 11.2. The van der Waals surface area contributed by atoms with Crippen LogP contribution in [0.2, 0.25) is 0 Å². The first-order valence-electron chi connectivity index (χ1n) is 6.53. The molecule has 124 valence electrons. The minimum Gasteiger partial charge on any atom is -0.372 e. The van der Waals surface area contributed by atoms with E-state index in [-0.39, 0.29) is 36.8 Å². The van der Waals surface area contributed by atoms with E-state index >= 15 is 0 Å². The number of ether oxygens (including phenoxy) is 1. The lowest BCUT2D eigenvalue weighted by atomic mass is 10.3. The Bertz CT molecular complexity index is 405. The van der Waals surface area contributed by atoms with Crippen LogP contribution in [0.1, 0.15) is 37.1 Å². The zero-order chi connectivity index (χ0) is 14.3. The maximum atomic E-state index is 11.8. The minimum atomic E-state index is 0. The Morgan fingerprint density at radius 1 is 1.52 bits per heavy atom. The SMILES string of the molecule is CCOC(C)c1nc(CN(C)C(=O)CCNC)cs1.Cl.Cl. The van der Waals surface area contributed by atoms with Crippen molar-refractivity contribution < 1.29 is 9.53 Å². The van der Waals surface area contributed by atoms with E-state index in [1.54, 1.807) is 16.2 Å². The molecule has 1 atom stereocenters. The molecule has 0 fully saturated rings. The van der Waals surface area contributed by atoms with Crippen LogP contribution in [0.25, 0.3) is 0 Å². The highest BCUT2D eigenvalue weighted by atomic mass is 35.5. The van der Waals surface area contributed by atoms with Gasteiger partial charge in [0.1, 0.15) is 11.1 Å². The molecule has 0 bridgehead atoms. The van der Waals surface area contributed by atoms with Crippen LogP contribution in [0.15, 0.2) is 5.38 Å². The second kappa shape index (κ2) is 12.2.